The fourth-order valence-electron chi connectivity index (χ4n) is 2.87. The van der Waals surface area contributed by atoms with Crippen LogP contribution in [0.3, 0.4) is 0 Å². The van der Waals surface area contributed by atoms with Crippen molar-refractivity contribution in [1.29, 1.82) is 0 Å². The number of alkyl halides is 1. The van der Waals surface area contributed by atoms with E-state index in [1.54, 1.807) is 4.90 Å². The van der Waals surface area contributed by atoms with Gasteiger partial charge < -0.3 is 4.90 Å². The molecule has 0 aliphatic carbocycles. The van der Waals surface area contributed by atoms with Crippen molar-refractivity contribution in [3.8, 4) is 0 Å². The van der Waals surface area contributed by atoms with Crippen LogP contribution < -0.4 is 10.5 Å². The maximum atomic E-state index is 15.3. The minimum absolute atomic E-state index is 0.0547. The highest BCUT2D eigenvalue weighted by atomic mass is 35.5. The lowest BCUT2D eigenvalue weighted by Gasteiger charge is -2.24. The summed E-state index contributed by atoms with van der Waals surface area (Å²) in [6.45, 7) is 2.57. The molecule has 6 heteroatoms. The fourth-order valence-corrected chi connectivity index (χ4v) is 3.08. The van der Waals surface area contributed by atoms with Crippen LogP contribution in [0.5, 0.6) is 0 Å². The van der Waals surface area contributed by atoms with Gasteiger partial charge in [-0.15, -0.1) is 0 Å². The number of aromatic amines is 1. The summed E-state index contributed by atoms with van der Waals surface area (Å²) in [4.78, 5) is 13.3. The van der Waals surface area contributed by atoms with E-state index in [1.807, 2.05) is 31.2 Å². The van der Waals surface area contributed by atoms with Crippen molar-refractivity contribution < 1.29 is 4.39 Å². The summed E-state index contributed by atoms with van der Waals surface area (Å²) in [5, 5.41) is 6.06. The SMILES string of the molecule is Cc1ccccc1C1(F)CCN(c2cn[nH]c(=O)c2Cl)C1. The third kappa shape index (κ3) is 2.42. The molecule has 21 heavy (non-hydrogen) atoms. The summed E-state index contributed by atoms with van der Waals surface area (Å²) in [6.07, 6.45) is 1.83. The first-order chi connectivity index (χ1) is 10.0. The van der Waals surface area contributed by atoms with Crippen LogP contribution in [0.15, 0.2) is 35.3 Å². The van der Waals surface area contributed by atoms with Crippen molar-refractivity contribution in [3.63, 3.8) is 0 Å². The Morgan fingerprint density at radius 1 is 1.43 bits per heavy atom. The van der Waals surface area contributed by atoms with E-state index < -0.39 is 11.2 Å². The Morgan fingerprint density at radius 3 is 2.95 bits per heavy atom. The van der Waals surface area contributed by atoms with Gasteiger partial charge in [-0.2, -0.15) is 5.10 Å². The Balaban J connectivity index is 1.93. The number of rotatable bonds is 2. The third-order valence-corrected chi connectivity index (χ3v) is 4.33. The lowest BCUT2D eigenvalue weighted by atomic mass is 9.91. The lowest BCUT2D eigenvalue weighted by molar-refractivity contribution is 0.195. The summed E-state index contributed by atoms with van der Waals surface area (Å²) in [6, 6.07) is 7.46. The Labute approximate surface area is 126 Å². The molecule has 2 aromatic rings. The second kappa shape index (κ2) is 5.15. The van der Waals surface area contributed by atoms with Gasteiger partial charge in [0.25, 0.3) is 5.56 Å². The van der Waals surface area contributed by atoms with Crippen LogP contribution in [-0.2, 0) is 5.67 Å². The molecular formula is C15H15ClFN3O. The second-order valence-electron chi connectivity index (χ2n) is 5.35. The van der Waals surface area contributed by atoms with Crippen LogP contribution in [-0.4, -0.2) is 23.3 Å². The van der Waals surface area contributed by atoms with E-state index in [9.17, 15) is 4.79 Å². The molecular weight excluding hydrogens is 293 g/mol. The Morgan fingerprint density at radius 2 is 2.19 bits per heavy atom. The number of aryl methyl sites for hydroxylation is 1. The molecule has 3 rings (SSSR count). The lowest BCUT2D eigenvalue weighted by Crippen LogP contribution is -2.29. The monoisotopic (exact) mass is 307 g/mol. The average Bonchev–Trinajstić information content (AvgIpc) is 2.86. The first-order valence-electron chi connectivity index (χ1n) is 6.74. The summed E-state index contributed by atoms with van der Waals surface area (Å²) in [5.41, 5.74) is 0.213. The van der Waals surface area contributed by atoms with E-state index >= 15 is 4.39 Å². The average molecular weight is 308 g/mol. The zero-order valence-corrected chi connectivity index (χ0v) is 12.3. The number of aromatic nitrogens is 2. The molecule has 1 unspecified atom stereocenters. The molecule has 1 atom stereocenters. The van der Waals surface area contributed by atoms with Gasteiger partial charge in [-0.05, 0) is 18.1 Å². The molecule has 110 valence electrons. The Kier molecular flexibility index (Phi) is 3.45. The van der Waals surface area contributed by atoms with Crippen molar-refractivity contribution in [2.24, 2.45) is 0 Å². The standard InChI is InChI=1S/C15H15ClFN3O/c1-10-4-2-3-5-11(10)15(17)6-7-20(9-15)12-8-18-19-14(21)13(12)16/h2-5,8H,6-7,9H2,1H3,(H,19,21). The second-order valence-corrected chi connectivity index (χ2v) is 5.73. The maximum Gasteiger partial charge on any atom is 0.285 e. The highest BCUT2D eigenvalue weighted by molar-refractivity contribution is 6.33. The van der Waals surface area contributed by atoms with Crippen molar-refractivity contribution >= 4 is 17.3 Å². The molecule has 0 amide bonds. The van der Waals surface area contributed by atoms with E-state index in [0.29, 0.717) is 24.2 Å². The zero-order chi connectivity index (χ0) is 15.0. The number of anilines is 1. The van der Waals surface area contributed by atoms with E-state index in [2.05, 4.69) is 10.2 Å². The molecule has 1 saturated heterocycles. The number of hydrogen-bond acceptors (Lipinski definition) is 3. The molecule has 1 aromatic heterocycles. The summed E-state index contributed by atoms with van der Waals surface area (Å²) in [7, 11) is 0. The van der Waals surface area contributed by atoms with Crippen LogP contribution in [0.25, 0.3) is 0 Å². The quantitative estimate of drug-likeness (QED) is 0.928. The van der Waals surface area contributed by atoms with Crippen LogP contribution >= 0.6 is 11.6 Å². The van der Waals surface area contributed by atoms with Gasteiger partial charge in [0.2, 0.25) is 0 Å². The molecule has 0 saturated carbocycles. The smallest absolute Gasteiger partial charge is 0.285 e. The number of benzene rings is 1. The van der Waals surface area contributed by atoms with Gasteiger partial charge in [-0.1, -0.05) is 35.9 Å². The number of H-pyrrole nitrogens is 1. The van der Waals surface area contributed by atoms with Crippen molar-refractivity contribution in [3.05, 3.63) is 57.0 Å². The number of hydrogen-bond donors (Lipinski definition) is 1. The highest BCUT2D eigenvalue weighted by Crippen LogP contribution is 2.40. The van der Waals surface area contributed by atoms with E-state index in [-0.39, 0.29) is 11.6 Å². The van der Waals surface area contributed by atoms with Gasteiger partial charge in [0, 0.05) is 13.0 Å². The molecule has 1 aliphatic rings. The first-order valence-corrected chi connectivity index (χ1v) is 7.12. The first kappa shape index (κ1) is 14.1. The van der Waals surface area contributed by atoms with Gasteiger partial charge in [-0.25, -0.2) is 9.49 Å². The number of nitrogens with one attached hydrogen (secondary N) is 1. The van der Waals surface area contributed by atoms with Gasteiger partial charge in [-0.3, -0.25) is 4.79 Å². The topological polar surface area (TPSA) is 49.0 Å². The Bertz CT molecular complexity index is 733. The van der Waals surface area contributed by atoms with Crippen LogP contribution in [0.1, 0.15) is 17.5 Å². The summed E-state index contributed by atoms with van der Waals surface area (Å²) >= 11 is 6.00. The van der Waals surface area contributed by atoms with Crippen molar-refractivity contribution in [1.82, 2.24) is 10.2 Å². The molecule has 1 aliphatic heterocycles. The van der Waals surface area contributed by atoms with E-state index in [1.165, 1.54) is 6.20 Å². The van der Waals surface area contributed by atoms with Gasteiger partial charge >= 0.3 is 0 Å². The van der Waals surface area contributed by atoms with Gasteiger partial charge in [0.05, 0.1) is 18.4 Å². The predicted molar refractivity (Wildman–Crippen MR) is 80.7 cm³/mol. The molecule has 4 nitrogen and oxygen atoms in total. The zero-order valence-electron chi connectivity index (χ0n) is 11.6. The van der Waals surface area contributed by atoms with Crippen molar-refractivity contribution in [2.75, 3.05) is 18.0 Å². The van der Waals surface area contributed by atoms with Gasteiger partial charge in [0.15, 0.2) is 5.67 Å². The molecule has 0 bridgehead atoms. The highest BCUT2D eigenvalue weighted by Gasteiger charge is 2.41. The normalized spacial score (nSPS) is 21.8. The van der Waals surface area contributed by atoms with Crippen molar-refractivity contribution in [2.45, 2.75) is 19.0 Å². The predicted octanol–water partition coefficient (Wildman–Crippen LogP) is 2.81. The molecule has 1 N–H and O–H groups in total. The summed E-state index contributed by atoms with van der Waals surface area (Å²) in [5.74, 6) is 0. The van der Waals surface area contributed by atoms with E-state index in [0.717, 1.165) is 5.56 Å². The minimum atomic E-state index is -1.43. The fraction of sp³-hybridized carbons (Fsp3) is 0.333. The molecule has 0 radical (unpaired) electrons. The molecule has 2 heterocycles. The molecule has 0 spiro atoms. The van der Waals surface area contributed by atoms with Crippen LogP contribution in [0, 0.1) is 6.92 Å². The van der Waals surface area contributed by atoms with E-state index in [4.69, 9.17) is 11.6 Å². The number of halogens is 2. The van der Waals surface area contributed by atoms with Crippen LogP contribution in [0.2, 0.25) is 5.02 Å². The maximum absolute atomic E-state index is 15.3. The third-order valence-electron chi connectivity index (χ3n) is 3.97. The van der Waals surface area contributed by atoms with Gasteiger partial charge in [0.1, 0.15) is 5.02 Å². The largest absolute Gasteiger partial charge is 0.365 e. The molecule has 1 fully saturated rings. The minimum Gasteiger partial charge on any atom is -0.365 e. The number of nitrogens with zero attached hydrogens (tertiary/aromatic N) is 2. The summed E-state index contributed by atoms with van der Waals surface area (Å²) < 4.78 is 15.3. The molecule has 1 aromatic carbocycles. The Hall–Kier alpha value is -1.88. The van der Waals surface area contributed by atoms with Crippen LogP contribution in [0.4, 0.5) is 10.1 Å².